The Hall–Kier alpha value is -3.89. The predicted molar refractivity (Wildman–Crippen MR) is 94.5 cm³/mol. The van der Waals surface area contributed by atoms with Crippen LogP contribution in [-0.2, 0) is 0 Å². The van der Waals surface area contributed by atoms with Crippen molar-refractivity contribution in [1.82, 2.24) is 20.6 Å². The van der Waals surface area contributed by atoms with E-state index in [0.29, 0.717) is 17.7 Å². The lowest BCUT2D eigenvalue weighted by Crippen LogP contribution is -2.36. The topological polar surface area (TPSA) is 179 Å². The van der Waals surface area contributed by atoms with Crippen molar-refractivity contribution in [3.05, 3.63) is 62.4 Å². The van der Waals surface area contributed by atoms with E-state index in [1.165, 1.54) is 6.07 Å². The van der Waals surface area contributed by atoms with Gasteiger partial charge in [0.2, 0.25) is 0 Å². The maximum absolute atomic E-state index is 12.3. The molecular weight excluding hydrogens is 356 g/mol. The first-order valence-electron chi connectivity index (χ1n) is 7.94. The van der Waals surface area contributed by atoms with Crippen molar-refractivity contribution in [2.24, 2.45) is 5.73 Å². The molecule has 1 saturated carbocycles. The van der Waals surface area contributed by atoms with E-state index in [1.807, 2.05) is 4.98 Å². The highest BCUT2D eigenvalue weighted by atomic mass is 16.2. The first-order chi connectivity index (χ1) is 12.8. The number of anilines is 1. The molecule has 0 radical (unpaired) electrons. The van der Waals surface area contributed by atoms with Crippen LogP contribution in [0.5, 0.6) is 0 Å². The molecule has 2 atom stereocenters. The van der Waals surface area contributed by atoms with Gasteiger partial charge in [0.1, 0.15) is 5.69 Å². The van der Waals surface area contributed by atoms with Crippen LogP contribution in [0.25, 0.3) is 0 Å². The van der Waals surface area contributed by atoms with Gasteiger partial charge < -0.3 is 26.7 Å². The van der Waals surface area contributed by atoms with Gasteiger partial charge in [0.15, 0.2) is 0 Å². The van der Waals surface area contributed by atoms with Crippen molar-refractivity contribution in [2.75, 3.05) is 5.32 Å². The fraction of sp³-hybridized carbons (Fsp3) is 0.188. The van der Waals surface area contributed by atoms with E-state index in [4.69, 9.17) is 5.73 Å². The number of carbonyl (C=O) groups is 3. The van der Waals surface area contributed by atoms with E-state index < -0.39 is 23.2 Å². The lowest BCUT2D eigenvalue weighted by molar-refractivity contribution is 0.0923. The van der Waals surface area contributed by atoms with Gasteiger partial charge in [0.25, 0.3) is 17.4 Å². The number of nitrogens with one attached hydrogen (secondary N) is 5. The molecule has 0 bridgehead atoms. The summed E-state index contributed by atoms with van der Waals surface area (Å²) >= 11 is 0. The molecule has 1 heterocycles. The molecule has 11 heteroatoms. The second kappa shape index (κ2) is 7.15. The van der Waals surface area contributed by atoms with Crippen LogP contribution < -0.4 is 32.9 Å². The number of aromatic nitrogens is 2. The van der Waals surface area contributed by atoms with E-state index in [9.17, 15) is 24.0 Å². The SMILES string of the molecule is NC(=O)Nc1cccc(C(=O)N[C@H]2C[C@@H]2NC(=O)c2cc(=O)[nH]c(=O)[nH]2)c1. The van der Waals surface area contributed by atoms with Crippen LogP contribution in [-0.4, -0.2) is 39.9 Å². The quantitative estimate of drug-likeness (QED) is 0.387. The van der Waals surface area contributed by atoms with Gasteiger partial charge in [0, 0.05) is 17.3 Å². The van der Waals surface area contributed by atoms with Gasteiger partial charge in [-0.1, -0.05) is 6.07 Å². The number of benzene rings is 1. The zero-order valence-electron chi connectivity index (χ0n) is 13.9. The number of hydrogen-bond donors (Lipinski definition) is 6. The van der Waals surface area contributed by atoms with Gasteiger partial charge in [-0.25, -0.2) is 9.59 Å². The number of nitrogens with two attached hydrogens (primary N) is 1. The van der Waals surface area contributed by atoms with Gasteiger partial charge in [-0.2, -0.15) is 0 Å². The van der Waals surface area contributed by atoms with Crippen molar-refractivity contribution in [3.63, 3.8) is 0 Å². The number of H-pyrrole nitrogens is 2. The molecular formula is C16H16N6O5. The van der Waals surface area contributed by atoms with Gasteiger partial charge in [0.05, 0.1) is 12.1 Å². The molecule has 0 saturated heterocycles. The van der Waals surface area contributed by atoms with Crippen LogP contribution in [0.3, 0.4) is 0 Å². The maximum Gasteiger partial charge on any atom is 0.326 e. The fourth-order valence-electron chi connectivity index (χ4n) is 2.48. The molecule has 1 aromatic carbocycles. The molecule has 1 aromatic heterocycles. The minimum atomic E-state index is -0.780. The van der Waals surface area contributed by atoms with E-state index in [-0.39, 0.29) is 23.7 Å². The highest BCUT2D eigenvalue weighted by Crippen LogP contribution is 2.22. The zero-order chi connectivity index (χ0) is 19.6. The molecule has 0 aliphatic heterocycles. The van der Waals surface area contributed by atoms with E-state index in [2.05, 4.69) is 20.9 Å². The van der Waals surface area contributed by atoms with E-state index >= 15 is 0 Å². The third kappa shape index (κ3) is 4.60. The molecule has 4 amide bonds. The van der Waals surface area contributed by atoms with Gasteiger partial charge >= 0.3 is 11.7 Å². The van der Waals surface area contributed by atoms with Crippen LogP contribution in [0.1, 0.15) is 27.3 Å². The van der Waals surface area contributed by atoms with Crippen molar-refractivity contribution in [2.45, 2.75) is 18.5 Å². The summed E-state index contributed by atoms with van der Waals surface area (Å²) in [5.74, 6) is -0.998. The molecule has 140 valence electrons. The van der Waals surface area contributed by atoms with Crippen molar-refractivity contribution in [1.29, 1.82) is 0 Å². The Labute approximate surface area is 151 Å². The van der Waals surface area contributed by atoms with Gasteiger partial charge in [-0.3, -0.25) is 19.4 Å². The number of aromatic amines is 2. The number of rotatable bonds is 5. The molecule has 0 unspecified atom stereocenters. The second-order valence-electron chi connectivity index (χ2n) is 5.97. The van der Waals surface area contributed by atoms with Crippen molar-refractivity contribution >= 4 is 23.5 Å². The monoisotopic (exact) mass is 372 g/mol. The molecule has 7 N–H and O–H groups in total. The first kappa shape index (κ1) is 17.9. The summed E-state index contributed by atoms with van der Waals surface area (Å²) in [5.41, 5.74) is 4.11. The van der Waals surface area contributed by atoms with Crippen LogP contribution in [0.15, 0.2) is 39.9 Å². The van der Waals surface area contributed by atoms with Gasteiger partial charge in [-0.15, -0.1) is 0 Å². The molecule has 1 aliphatic carbocycles. The lowest BCUT2D eigenvalue weighted by atomic mass is 10.2. The number of hydrogen-bond acceptors (Lipinski definition) is 5. The largest absolute Gasteiger partial charge is 0.351 e. The smallest absolute Gasteiger partial charge is 0.326 e. The highest BCUT2D eigenvalue weighted by Gasteiger charge is 2.40. The van der Waals surface area contributed by atoms with E-state index in [0.717, 1.165) is 6.07 Å². The van der Waals surface area contributed by atoms with E-state index in [1.54, 1.807) is 18.2 Å². The molecule has 3 rings (SSSR count). The third-order valence-corrected chi connectivity index (χ3v) is 3.82. The van der Waals surface area contributed by atoms with Crippen molar-refractivity contribution < 1.29 is 14.4 Å². The average Bonchev–Trinajstić information content (AvgIpc) is 3.30. The molecule has 0 spiro atoms. The molecule has 11 nitrogen and oxygen atoms in total. The highest BCUT2D eigenvalue weighted by molar-refractivity contribution is 5.97. The normalized spacial score (nSPS) is 17.6. The Kier molecular flexibility index (Phi) is 4.75. The third-order valence-electron chi connectivity index (χ3n) is 3.82. The lowest BCUT2D eigenvalue weighted by Gasteiger charge is -2.08. The second-order valence-corrected chi connectivity index (χ2v) is 5.97. The Morgan fingerprint density at radius 2 is 1.70 bits per heavy atom. The molecule has 2 aromatic rings. The summed E-state index contributed by atoms with van der Waals surface area (Å²) in [6, 6.07) is 5.84. The first-order valence-corrected chi connectivity index (χ1v) is 7.94. The minimum Gasteiger partial charge on any atom is -0.351 e. The van der Waals surface area contributed by atoms with Crippen molar-refractivity contribution in [3.8, 4) is 0 Å². The molecule has 1 fully saturated rings. The Morgan fingerprint density at radius 3 is 2.37 bits per heavy atom. The number of urea groups is 1. The zero-order valence-corrected chi connectivity index (χ0v) is 13.9. The average molecular weight is 372 g/mol. The van der Waals surface area contributed by atoms with Crippen LogP contribution in [0.2, 0.25) is 0 Å². The predicted octanol–water partition coefficient (Wildman–Crippen LogP) is -1.15. The van der Waals surface area contributed by atoms with Crippen LogP contribution in [0.4, 0.5) is 10.5 Å². The Balaban J connectivity index is 1.57. The summed E-state index contributed by atoms with van der Waals surface area (Å²) in [5, 5.41) is 7.74. The maximum atomic E-state index is 12.3. The minimum absolute atomic E-state index is 0.161. The molecule has 1 aliphatic rings. The Bertz CT molecular complexity index is 998. The summed E-state index contributed by atoms with van der Waals surface area (Å²) in [7, 11) is 0. The number of amides is 4. The van der Waals surface area contributed by atoms with Crippen LogP contribution >= 0.6 is 0 Å². The number of primary amides is 1. The Morgan fingerprint density at radius 1 is 1.00 bits per heavy atom. The number of carbonyl (C=O) groups excluding carboxylic acids is 3. The summed E-state index contributed by atoms with van der Waals surface area (Å²) in [6.07, 6.45) is 0.504. The van der Waals surface area contributed by atoms with Gasteiger partial charge in [-0.05, 0) is 24.6 Å². The summed E-state index contributed by atoms with van der Waals surface area (Å²) in [6.45, 7) is 0. The van der Waals surface area contributed by atoms with Crippen LogP contribution in [0, 0.1) is 0 Å². The molecule has 27 heavy (non-hydrogen) atoms. The summed E-state index contributed by atoms with van der Waals surface area (Å²) in [4.78, 5) is 61.8. The summed E-state index contributed by atoms with van der Waals surface area (Å²) < 4.78 is 0. The fourth-order valence-corrected chi connectivity index (χ4v) is 2.48. The standard InChI is InChI=1S/C16H16N6O5/c17-15(26)18-8-3-1-2-7(4-8)13(24)19-9-5-10(9)20-14(25)11-6-12(23)22-16(27)21-11/h1-4,6,9-10H,5H2,(H,19,24)(H,20,25)(H3,17,18,26)(H2,21,22,23,27)/t9-,10-/m0/s1.